The SMILES string of the molecule is CCCCCCCCCCCCCCCCCCCCCCCC(=O)O[C@H](COC(=O)CCCCCCCCCCCCCCCCC(C)C)COP(=O)(O)OC[C@@H](O)COP(=O)(O)OC[C@@H](COC(=O)CCCCCCCCC)OC(=O)CCCCCCCCCCC(C)C. The molecule has 0 aromatic rings. The highest BCUT2D eigenvalue weighted by Crippen LogP contribution is 2.45. The standard InChI is InChI=1S/C77H150O17P2/c1-7-9-11-13-15-16-17-18-19-20-21-22-23-24-25-30-33-36-43-49-55-61-76(81)93-73(66-88-75(80)60-54-48-42-35-32-29-27-26-28-31-34-40-45-51-57-69(3)4)68-92-96(85,86)90-64-71(78)63-89-95(83,84)91-67-72(65-87-74(79)59-53-47-39-14-12-10-8-2)94-77(82)62-56-50-44-38-37-41-46-52-58-70(5)6/h69-73,78H,7-68H2,1-6H3,(H,83,84)(H,85,86)/t71-,72+,73+/m0/s1. The van der Waals surface area contributed by atoms with Gasteiger partial charge in [0.1, 0.15) is 19.3 Å². The van der Waals surface area contributed by atoms with E-state index in [9.17, 15) is 43.2 Å². The Balaban J connectivity index is 5.16. The summed E-state index contributed by atoms with van der Waals surface area (Å²) in [6, 6.07) is 0. The zero-order chi connectivity index (χ0) is 70.7. The zero-order valence-electron chi connectivity index (χ0n) is 62.7. The van der Waals surface area contributed by atoms with E-state index in [2.05, 4.69) is 41.5 Å². The molecule has 0 amide bonds. The third-order valence-corrected chi connectivity index (χ3v) is 19.9. The van der Waals surface area contributed by atoms with Crippen molar-refractivity contribution in [2.75, 3.05) is 39.6 Å². The summed E-state index contributed by atoms with van der Waals surface area (Å²) in [5.74, 6) is -0.604. The number of aliphatic hydroxyl groups excluding tert-OH is 1. The molecular formula is C77H150O17P2. The molecule has 0 bridgehead atoms. The molecule has 5 atom stereocenters. The summed E-state index contributed by atoms with van der Waals surface area (Å²) in [6.07, 6.45) is 57.3. The van der Waals surface area contributed by atoms with Gasteiger partial charge in [-0.05, 0) is 37.5 Å². The number of unbranched alkanes of at least 4 members (excludes halogenated alkanes) is 46. The summed E-state index contributed by atoms with van der Waals surface area (Å²) >= 11 is 0. The summed E-state index contributed by atoms with van der Waals surface area (Å²) in [7, 11) is -9.91. The Labute approximate surface area is 588 Å². The highest BCUT2D eigenvalue weighted by atomic mass is 31.2. The molecule has 0 heterocycles. The van der Waals surface area contributed by atoms with Crippen molar-refractivity contribution in [1.29, 1.82) is 0 Å². The van der Waals surface area contributed by atoms with E-state index >= 15 is 0 Å². The first kappa shape index (κ1) is 94.1. The van der Waals surface area contributed by atoms with Crippen molar-refractivity contribution in [1.82, 2.24) is 0 Å². The van der Waals surface area contributed by atoms with Crippen LogP contribution in [0.4, 0.5) is 0 Å². The van der Waals surface area contributed by atoms with Crippen LogP contribution in [0, 0.1) is 11.8 Å². The molecule has 17 nitrogen and oxygen atoms in total. The first-order chi connectivity index (χ1) is 46.4. The number of hydrogen-bond donors (Lipinski definition) is 3. The molecule has 0 saturated carbocycles. The first-order valence-corrected chi connectivity index (χ1v) is 43.0. The molecule has 0 aromatic heterocycles. The minimum Gasteiger partial charge on any atom is -0.462 e. The Morgan fingerprint density at radius 3 is 0.708 bits per heavy atom. The van der Waals surface area contributed by atoms with Gasteiger partial charge in [0.2, 0.25) is 0 Å². The summed E-state index contributed by atoms with van der Waals surface area (Å²) in [4.78, 5) is 72.7. The summed E-state index contributed by atoms with van der Waals surface area (Å²) < 4.78 is 68.4. The van der Waals surface area contributed by atoms with Crippen LogP contribution in [0.3, 0.4) is 0 Å². The van der Waals surface area contributed by atoms with E-state index < -0.39 is 97.5 Å². The minimum atomic E-state index is -4.96. The number of phosphoric ester groups is 2. The van der Waals surface area contributed by atoms with Gasteiger partial charge in [0.05, 0.1) is 26.4 Å². The van der Waals surface area contributed by atoms with Crippen LogP contribution >= 0.6 is 15.6 Å². The summed E-state index contributed by atoms with van der Waals surface area (Å²) in [5.41, 5.74) is 0. The maximum atomic E-state index is 13.1. The van der Waals surface area contributed by atoms with Crippen LogP contribution in [0.2, 0.25) is 0 Å². The van der Waals surface area contributed by atoms with Gasteiger partial charge in [0.15, 0.2) is 12.2 Å². The predicted octanol–water partition coefficient (Wildman–Crippen LogP) is 22.7. The van der Waals surface area contributed by atoms with Crippen molar-refractivity contribution in [2.45, 2.75) is 419 Å². The number of hydrogen-bond acceptors (Lipinski definition) is 15. The molecular weight excluding hydrogens is 1260 g/mol. The smallest absolute Gasteiger partial charge is 0.462 e. The van der Waals surface area contributed by atoms with Gasteiger partial charge in [-0.25, -0.2) is 9.13 Å². The second-order valence-electron chi connectivity index (χ2n) is 28.7. The van der Waals surface area contributed by atoms with Crippen LogP contribution in [-0.4, -0.2) is 96.7 Å². The topological polar surface area (TPSA) is 237 Å². The molecule has 0 spiro atoms. The molecule has 0 aliphatic carbocycles. The number of esters is 4. The molecule has 0 fully saturated rings. The van der Waals surface area contributed by atoms with E-state index in [1.54, 1.807) is 0 Å². The van der Waals surface area contributed by atoms with Crippen molar-refractivity contribution in [3.63, 3.8) is 0 Å². The lowest BCUT2D eigenvalue weighted by molar-refractivity contribution is -0.161. The van der Waals surface area contributed by atoms with Gasteiger partial charge < -0.3 is 33.8 Å². The third kappa shape index (κ3) is 70.5. The van der Waals surface area contributed by atoms with Crippen molar-refractivity contribution < 1.29 is 80.2 Å². The van der Waals surface area contributed by atoms with Crippen LogP contribution < -0.4 is 0 Å². The molecule has 0 rings (SSSR count). The van der Waals surface area contributed by atoms with E-state index in [1.165, 1.54) is 205 Å². The number of ether oxygens (including phenoxy) is 4. The Bertz CT molecular complexity index is 1860. The van der Waals surface area contributed by atoms with E-state index in [-0.39, 0.29) is 25.7 Å². The van der Waals surface area contributed by atoms with Gasteiger partial charge in [-0.2, -0.15) is 0 Å². The van der Waals surface area contributed by atoms with Gasteiger partial charge in [-0.3, -0.25) is 37.3 Å². The van der Waals surface area contributed by atoms with Gasteiger partial charge in [-0.1, -0.05) is 350 Å². The van der Waals surface area contributed by atoms with Crippen molar-refractivity contribution in [2.24, 2.45) is 11.8 Å². The Morgan fingerprint density at radius 2 is 0.479 bits per heavy atom. The number of phosphoric acid groups is 2. The molecule has 570 valence electrons. The van der Waals surface area contributed by atoms with Crippen LogP contribution in [0.1, 0.15) is 401 Å². The Morgan fingerprint density at radius 1 is 0.281 bits per heavy atom. The third-order valence-electron chi connectivity index (χ3n) is 18.0. The van der Waals surface area contributed by atoms with E-state index in [4.69, 9.17) is 37.0 Å². The van der Waals surface area contributed by atoms with E-state index in [1.807, 2.05) is 0 Å². The fraction of sp³-hybridized carbons (Fsp3) is 0.948. The average molecular weight is 1410 g/mol. The van der Waals surface area contributed by atoms with Gasteiger partial charge in [0, 0.05) is 25.7 Å². The van der Waals surface area contributed by atoms with Gasteiger partial charge in [-0.15, -0.1) is 0 Å². The largest absolute Gasteiger partial charge is 0.472 e. The van der Waals surface area contributed by atoms with E-state index in [0.29, 0.717) is 25.7 Å². The molecule has 19 heteroatoms. The summed E-state index contributed by atoms with van der Waals surface area (Å²) in [6.45, 7) is 9.54. The molecule has 96 heavy (non-hydrogen) atoms. The van der Waals surface area contributed by atoms with Gasteiger partial charge >= 0.3 is 39.5 Å². The van der Waals surface area contributed by atoms with Crippen LogP contribution in [0.5, 0.6) is 0 Å². The lowest BCUT2D eigenvalue weighted by Gasteiger charge is -2.21. The number of aliphatic hydroxyl groups is 1. The second-order valence-corrected chi connectivity index (χ2v) is 31.6. The second kappa shape index (κ2) is 68.8. The molecule has 0 radical (unpaired) electrons. The maximum Gasteiger partial charge on any atom is 0.472 e. The highest BCUT2D eigenvalue weighted by molar-refractivity contribution is 7.47. The summed E-state index contributed by atoms with van der Waals surface area (Å²) in [5, 5.41) is 10.6. The zero-order valence-corrected chi connectivity index (χ0v) is 64.5. The van der Waals surface area contributed by atoms with Gasteiger partial charge in [0.25, 0.3) is 0 Å². The van der Waals surface area contributed by atoms with Crippen molar-refractivity contribution >= 4 is 39.5 Å². The predicted molar refractivity (Wildman–Crippen MR) is 391 cm³/mol. The fourth-order valence-corrected chi connectivity index (χ4v) is 13.4. The minimum absolute atomic E-state index is 0.104. The lowest BCUT2D eigenvalue weighted by atomic mass is 10.0. The number of carbonyl (C=O) groups is 4. The molecule has 0 aliphatic heterocycles. The number of rotatable bonds is 76. The van der Waals surface area contributed by atoms with Crippen molar-refractivity contribution in [3.8, 4) is 0 Å². The van der Waals surface area contributed by atoms with Crippen molar-refractivity contribution in [3.05, 3.63) is 0 Å². The lowest BCUT2D eigenvalue weighted by Crippen LogP contribution is -2.30. The maximum absolute atomic E-state index is 13.1. The quantitative estimate of drug-likeness (QED) is 0.0222. The fourth-order valence-electron chi connectivity index (χ4n) is 11.8. The molecule has 0 aliphatic rings. The first-order valence-electron chi connectivity index (χ1n) is 40.0. The van der Waals surface area contributed by atoms with E-state index in [0.717, 1.165) is 115 Å². The number of carbonyl (C=O) groups excluding carboxylic acids is 4. The molecule has 3 N–H and O–H groups in total. The normalized spacial score (nSPS) is 14.0. The molecule has 0 saturated heterocycles. The average Bonchev–Trinajstić information content (AvgIpc) is 1.11. The highest BCUT2D eigenvalue weighted by Gasteiger charge is 2.30. The van der Waals surface area contributed by atoms with Crippen LogP contribution in [0.25, 0.3) is 0 Å². The molecule has 2 unspecified atom stereocenters. The Hall–Kier alpha value is -1.94. The van der Waals surface area contributed by atoms with Crippen LogP contribution in [0.15, 0.2) is 0 Å². The van der Waals surface area contributed by atoms with Crippen LogP contribution in [-0.2, 0) is 65.4 Å². The Kier molecular flexibility index (Phi) is 67.4. The monoisotopic (exact) mass is 1410 g/mol. The molecule has 0 aromatic carbocycles.